The first-order valence-electron chi connectivity index (χ1n) is 5.78. The summed E-state index contributed by atoms with van der Waals surface area (Å²) < 4.78 is 19.6. The van der Waals surface area contributed by atoms with Gasteiger partial charge in [0, 0.05) is 6.42 Å². The van der Waals surface area contributed by atoms with Crippen molar-refractivity contribution >= 4 is 13.8 Å². The Labute approximate surface area is 126 Å². The summed E-state index contributed by atoms with van der Waals surface area (Å²) in [7, 11) is -3.66. The summed E-state index contributed by atoms with van der Waals surface area (Å²) in [5, 5.41) is 9.70. The molecule has 10 heteroatoms. The highest BCUT2D eigenvalue weighted by Crippen LogP contribution is 2.41. The van der Waals surface area contributed by atoms with Crippen molar-refractivity contribution in [1.29, 1.82) is 0 Å². The lowest BCUT2D eigenvalue weighted by Gasteiger charge is -2.24. The van der Waals surface area contributed by atoms with Gasteiger partial charge in [0.15, 0.2) is 17.0 Å². The molecular formula is C12H15N2O7P. The summed E-state index contributed by atoms with van der Waals surface area (Å²) in [6.07, 6.45) is 5.18. The molecule has 0 bridgehead atoms. The van der Waals surface area contributed by atoms with Crippen molar-refractivity contribution in [3.8, 4) is 23.8 Å². The van der Waals surface area contributed by atoms with Crippen LogP contribution in [0, 0.1) is 12.3 Å². The lowest BCUT2D eigenvalue weighted by atomic mass is 9.92. The monoisotopic (exact) mass is 330 g/mol. The van der Waals surface area contributed by atoms with Gasteiger partial charge in [-0.1, -0.05) is 12.0 Å². The van der Waals surface area contributed by atoms with Gasteiger partial charge in [-0.15, -0.1) is 6.42 Å². The van der Waals surface area contributed by atoms with E-state index >= 15 is 0 Å². The molecule has 1 aromatic carbocycles. The van der Waals surface area contributed by atoms with Crippen LogP contribution in [0.15, 0.2) is 18.2 Å². The molecule has 1 aromatic rings. The predicted molar refractivity (Wildman–Crippen MR) is 75.4 cm³/mol. The van der Waals surface area contributed by atoms with E-state index in [-0.39, 0.29) is 6.42 Å². The molecular weight excluding hydrogens is 315 g/mol. The van der Waals surface area contributed by atoms with Gasteiger partial charge < -0.3 is 14.4 Å². The van der Waals surface area contributed by atoms with Gasteiger partial charge in [0.05, 0.1) is 7.11 Å². The van der Waals surface area contributed by atoms with Gasteiger partial charge in [0.25, 0.3) is 0 Å². The van der Waals surface area contributed by atoms with E-state index in [9.17, 15) is 14.5 Å². The number of carbonyl (C=O) groups is 1. The Hall–Kier alpha value is -2.08. The number of carbonyl (C=O) groups excluding carboxylic acids is 1. The Balaban J connectivity index is 3.09. The van der Waals surface area contributed by atoms with Crippen molar-refractivity contribution < 1.29 is 33.5 Å². The molecule has 0 saturated heterocycles. The molecule has 1 atom stereocenters. The van der Waals surface area contributed by atoms with Gasteiger partial charge in [-0.3, -0.25) is 15.6 Å². The molecule has 0 radical (unpaired) electrons. The minimum atomic E-state index is -4.80. The number of terminal acetylenes is 1. The predicted octanol–water partition coefficient (Wildman–Crippen LogP) is -0.586. The molecule has 1 rings (SSSR count). The minimum Gasteiger partial charge on any atom is -0.504 e. The summed E-state index contributed by atoms with van der Waals surface area (Å²) in [6.45, 7) is 0. The third-order valence-corrected chi connectivity index (χ3v) is 3.17. The zero-order chi connectivity index (χ0) is 17.0. The normalized spacial score (nSPS) is 13.8. The first-order chi connectivity index (χ1) is 10.2. The third-order valence-electron chi connectivity index (χ3n) is 2.74. The van der Waals surface area contributed by atoms with Crippen LogP contribution in [0.2, 0.25) is 0 Å². The Kier molecular flexibility index (Phi) is 5.54. The number of rotatable bonds is 6. The SMILES string of the molecule is C#C[C@@](Cc1ccc(OP(=O)(O)O)c(O)c1)(NN)C(=O)OC. The molecule has 9 nitrogen and oxygen atoms in total. The number of nitrogens with one attached hydrogen (secondary N) is 1. The van der Waals surface area contributed by atoms with Crippen molar-refractivity contribution in [3.05, 3.63) is 23.8 Å². The van der Waals surface area contributed by atoms with Gasteiger partial charge in [-0.2, -0.15) is 0 Å². The number of phosphoric ester groups is 1. The van der Waals surface area contributed by atoms with Gasteiger partial charge in [-0.05, 0) is 17.7 Å². The van der Waals surface area contributed by atoms with Crippen LogP contribution in [0.5, 0.6) is 11.5 Å². The van der Waals surface area contributed by atoms with E-state index < -0.39 is 30.8 Å². The first-order valence-corrected chi connectivity index (χ1v) is 7.31. The van der Waals surface area contributed by atoms with E-state index in [2.05, 4.69) is 20.6 Å². The fourth-order valence-corrected chi connectivity index (χ4v) is 2.10. The number of hydrazine groups is 1. The number of phenols is 1. The maximum atomic E-state index is 11.7. The smallest absolute Gasteiger partial charge is 0.504 e. The number of esters is 1. The molecule has 120 valence electrons. The van der Waals surface area contributed by atoms with E-state index in [1.807, 2.05) is 0 Å². The van der Waals surface area contributed by atoms with Crippen LogP contribution in [0.4, 0.5) is 0 Å². The molecule has 0 unspecified atom stereocenters. The van der Waals surface area contributed by atoms with Crippen molar-refractivity contribution in [2.75, 3.05) is 7.11 Å². The number of benzene rings is 1. The number of phenolic OH excluding ortho intramolecular Hbond substituents is 1. The second-order valence-electron chi connectivity index (χ2n) is 4.25. The molecule has 0 aliphatic heterocycles. The Morgan fingerprint density at radius 1 is 1.55 bits per heavy atom. The number of aromatic hydroxyl groups is 1. The topological polar surface area (TPSA) is 151 Å². The maximum Gasteiger partial charge on any atom is 0.524 e. The van der Waals surface area contributed by atoms with E-state index in [1.165, 1.54) is 6.07 Å². The van der Waals surface area contributed by atoms with E-state index in [1.54, 1.807) is 0 Å². The van der Waals surface area contributed by atoms with Crippen LogP contribution in [-0.2, 0) is 20.5 Å². The Morgan fingerprint density at radius 3 is 2.59 bits per heavy atom. The molecule has 22 heavy (non-hydrogen) atoms. The third kappa shape index (κ3) is 4.21. The van der Waals surface area contributed by atoms with Gasteiger partial charge >= 0.3 is 13.8 Å². The number of hydrogen-bond acceptors (Lipinski definition) is 7. The molecule has 0 fully saturated rings. The lowest BCUT2D eigenvalue weighted by molar-refractivity contribution is -0.146. The summed E-state index contributed by atoms with van der Waals surface area (Å²) in [5.41, 5.74) is 0.901. The van der Waals surface area contributed by atoms with E-state index in [4.69, 9.17) is 22.1 Å². The van der Waals surface area contributed by atoms with E-state index in [0.29, 0.717) is 5.56 Å². The highest BCUT2D eigenvalue weighted by Gasteiger charge is 2.37. The largest absolute Gasteiger partial charge is 0.524 e. The van der Waals surface area contributed by atoms with Crippen molar-refractivity contribution in [2.45, 2.75) is 12.0 Å². The second-order valence-corrected chi connectivity index (χ2v) is 5.41. The first kappa shape index (κ1) is 18.0. The summed E-state index contributed by atoms with van der Waals surface area (Å²) in [5.74, 6) is 5.75. The number of ether oxygens (including phenoxy) is 1. The molecule has 0 aromatic heterocycles. The Morgan fingerprint density at radius 2 is 2.18 bits per heavy atom. The molecule has 0 saturated carbocycles. The Bertz CT molecular complexity index is 651. The molecule has 0 heterocycles. The second kappa shape index (κ2) is 6.79. The summed E-state index contributed by atoms with van der Waals surface area (Å²) >= 11 is 0. The fourth-order valence-electron chi connectivity index (χ4n) is 1.69. The molecule has 0 spiro atoms. The van der Waals surface area contributed by atoms with Crippen molar-refractivity contribution in [3.63, 3.8) is 0 Å². The zero-order valence-corrected chi connectivity index (χ0v) is 12.4. The number of nitrogens with two attached hydrogens (primary N) is 1. The van der Waals surface area contributed by atoms with Crippen molar-refractivity contribution in [2.24, 2.45) is 5.84 Å². The summed E-state index contributed by atoms with van der Waals surface area (Å²) in [6, 6.07) is 3.62. The standard InChI is InChI=1S/C12H15N2O7P/c1-3-12(14-13,11(16)20-2)7-8-4-5-10(9(15)6-8)21-22(17,18)19/h1,4-6,14-15H,7,13H2,2H3,(H2,17,18,19)/t12-/m0/s1. The van der Waals surface area contributed by atoms with E-state index in [0.717, 1.165) is 19.2 Å². The molecule has 6 N–H and O–H groups in total. The zero-order valence-electron chi connectivity index (χ0n) is 11.5. The number of phosphoric acid groups is 1. The average Bonchev–Trinajstić information content (AvgIpc) is 2.45. The minimum absolute atomic E-state index is 0.129. The lowest BCUT2D eigenvalue weighted by Crippen LogP contribution is -2.56. The van der Waals surface area contributed by atoms with Crippen LogP contribution in [0.1, 0.15) is 5.56 Å². The van der Waals surface area contributed by atoms with Crippen LogP contribution in [0.25, 0.3) is 0 Å². The van der Waals surface area contributed by atoms with Crippen molar-refractivity contribution in [1.82, 2.24) is 5.43 Å². The highest BCUT2D eigenvalue weighted by molar-refractivity contribution is 7.46. The molecule has 0 aliphatic rings. The average molecular weight is 330 g/mol. The quantitative estimate of drug-likeness (QED) is 0.151. The maximum absolute atomic E-state index is 11.7. The molecule has 0 amide bonds. The summed E-state index contributed by atoms with van der Waals surface area (Å²) in [4.78, 5) is 29.1. The number of methoxy groups -OCH3 is 1. The van der Waals surface area contributed by atoms with Crippen LogP contribution < -0.4 is 15.8 Å². The van der Waals surface area contributed by atoms with Crippen LogP contribution in [-0.4, -0.2) is 33.5 Å². The van der Waals surface area contributed by atoms with Gasteiger partial charge in [0.1, 0.15) is 0 Å². The fraction of sp³-hybridized carbons (Fsp3) is 0.250. The van der Waals surface area contributed by atoms with Gasteiger partial charge in [-0.25, -0.2) is 14.8 Å². The number of hydrogen-bond donors (Lipinski definition) is 5. The van der Waals surface area contributed by atoms with Crippen LogP contribution in [0.3, 0.4) is 0 Å². The van der Waals surface area contributed by atoms with Gasteiger partial charge in [0.2, 0.25) is 0 Å². The highest BCUT2D eigenvalue weighted by atomic mass is 31.2. The van der Waals surface area contributed by atoms with Crippen LogP contribution >= 0.6 is 7.82 Å². The molecule has 0 aliphatic carbocycles.